The molecule has 3 aromatic heterocycles. The molecule has 1 spiro atoms. The lowest BCUT2D eigenvalue weighted by Gasteiger charge is -2.47. The Labute approximate surface area is 280 Å². The number of carbonyl (C=O) groups is 1. The molecule has 0 bridgehead atoms. The lowest BCUT2D eigenvalue weighted by Crippen LogP contribution is -2.58. The monoisotopic (exact) mass is 674 g/mol. The van der Waals surface area contributed by atoms with Gasteiger partial charge >= 0.3 is 4.87 Å². The molecule has 1 unspecified atom stereocenters. The molecule has 0 radical (unpaired) electrons. The summed E-state index contributed by atoms with van der Waals surface area (Å²) in [7, 11) is 0. The van der Waals surface area contributed by atoms with Crippen LogP contribution in [0.3, 0.4) is 0 Å². The van der Waals surface area contributed by atoms with Crippen LogP contribution < -0.4 is 10.2 Å². The standard InChI is InChI=1S/C35H39FN6O5S/c1-22-3-2-4-30-38-27(20-42(22)30)33(45)41-13-14-47-35(21-41)8-11-40(12-9-35)19-24-15-23(16-25(36)17-24)7-10-37-18-29(44)26-5-6-28(43)31-32(26)48-34(46)39-31/h2-6,15-17,20,29,37,43-44H,7-14,18-19,21H2,1H3,(H,39,46). The zero-order chi connectivity index (χ0) is 33.4. The van der Waals surface area contributed by atoms with Crippen molar-refractivity contribution in [1.29, 1.82) is 0 Å². The van der Waals surface area contributed by atoms with Gasteiger partial charge in [0.05, 0.1) is 29.6 Å². The van der Waals surface area contributed by atoms with Crippen molar-refractivity contribution in [1.82, 2.24) is 29.5 Å². The molecule has 13 heteroatoms. The molecule has 48 heavy (non-hydrogen) atoms. The number of aromatic nitrogens is 3. The summed E-state index contributed by atoms with van der Waals surface area (Å²) in [6.45, 7) is 6.49. The molecule has 7 rings (SSSR count). The Bertz CT molecular complexity index is 2020. The predicted octanol–water partition coefficient (Wildman–Crippen LogP) is 3.76. The first kappa shape index (κ1) is 32.4. The Kier molecular flexibility index (Phi) is 9.05. The summed E-state index contributed by atoms with van der Waals surface area (Å²) in [5.74, 6) is -0.387. The highest BCUT2D eigenvalue weighted by atomic mass is 32.1. The van der Waals surface area contributed by atoms with Gasteiger partial charge in [-0.3, -0.25) is 14.5 Å². The van der Waals surface area contributed by atoms with Crippen LogP contribution in [0.25, 0.3) is 15.9 Å². The number of nitrogens with zero attached hydrogens (tertiary/aromatic N) is 4. The van der Waals surface area contributed by atoms with Crippen molar-refractivity contribution in [3.05, 3.63) is 98.3 Å². The third-order valence-corrected chi connectivity index (χ3v) is 10.4. The Morgan fingerprint density at radius 1 is 1.17 bits per heavy atom. The molecule has 2 saturated heterocycles. The number of aliphatic hydroxyl groups is 1. The first-order chi connectivity index (χ1) is 23.2. The number of pyridine rings is 1. The Balaban J connectivity index is 0.909. The third-order valence-electron chi connectivity index (χ3n) is 9.52. The van der Waals surface area contributed by atoms with Crippen LogP contribution in [0.5, 0.6) is 5.75 Å². The summed E-state index contributed by atoms with van der Waals surface area (Å²) in [5.41, 5.74) is 4.49. The number of fused-ring (bicyclic) bond motifs is 2. The number of nitrogens with one attached hydrogen (secondary N) is 2. The quantitative estimate of drug-likeness (QED) is 0.174. The summed E-state index contributed by atoms with van der Waals surface area (Å²) in [6.07, 6.45) is 3.07. The van der Waals surface area contributed by atoms with E-state index in [1.165, 1.54) is 6.07 Å². The number of aromatic amines is 1. The van der Waals surface area contributed by atoms with Crippen molar-refractivity contribution in [2.24, 2.45) is 0 Å². The van der Waals surface area contributed by atoms with E-state index in [9.17, 15) is 24.2 Å². The van der Waals surface area contributed by atoms with E-state index in [1.54, 1.807) is 18.2 Å². The van der Waals surface area contributed by atoms with Crippen molar-refractivity contribution in [2.75, 3.05) is 45.9 Å². The number of aromatic hydroxyl groups is 1. The largest absolute Gasteiger partial charge is 0.506 e. The van der Waals surface area contributed by atoms with E-state index < -0.39 is 11.7 Å². The molecule has 1 amide bonds. The van der Waals surface area contributed by atoms with Crippen molar-refractivity contribution < 1.29 is 24.1 Å². The topological polar surface area (TPSA) is 135 Å². The Morgan fingerprint density at radius 3 is 2.79 bits per heavy atom. The van der Waals surface area contributed by atoms with Crippen LogP contribution in [0.2, 0.25) is 0 Å². The van der Waals surface area contributed by atoms with Gasteiger partial charge in [-0.25, -0.2) is 9.37 Å². The first-order valence-corrected chi connectivity index (χ1v) is 17.1. The summed E-state index contributed by atoms with van der Waals surface area (Å²) in [6, 6.07) is 14.1. The fourth-order valence-electron chi connectivity index (χ4n) is 6.95. The van der Waals surface area contributed by atoms with Gasteiger partial charge < -0.3 is 34.6 Å². The van der Waals surface area contributed by atoms with Gasteiger partial charge in [0.25, 0.3) is 5.91 Å². The average Bonchev–Trinajstić information content (AvgIpc) is 3.69. The molecular weight excluding hydrogens is 635 g/mol. The number of hydrogen-bond donors (Lipinski definition) is 4. The first-order valence-electron chi connectivity index (χ1n) is 16.3. The van der Waals surface area contributed by atoms with Crippen LogP contribution in [-0.2, 0) is 17.7 Å². The van der Waals surface area contributed by atoms with Crippen LogP contribution in [0, 0.1) is 12.7 Å². The van der Waals surface area contributed by atoms with Crippen LogP contribution in [0.4, 0.5) is 4.39 Å². The number of imidazole rings is 1. The molecule has 2 aliphatic heterocycles. The number of halogens is 1. The predicted molar refractivity (Wildman–Crippen MR) is 181 cm³/mol. The van der Waals surface area contributed by atoms with Gasteiger partial charge in [0.2, 0.25) is 0 Å². The fraction of sp³-hybridized carbons (Fsp3) is 0.400. The highest BCUT2D eigenvalue weighted by Gasteiger charge is 2.41. The number of piperidine rings is 1. The number of rotatable bonds is 9. The average molecular weight is 675 g/mol. The molecule has 2 fully saturated rings. The lowest BCUT2D eigenvalue weighted by atomic mass is 9.89. The summed E-state index contributed by atoms with van der Waals surface area (Å²) >= 11 is 0.952. The molecule has 2 aromatic carbocycles. The minimum atomic E-state index is -0.876. The van der Waals surface area contributed by atoms with Gasteiger partial charge in [-0.05, 0) is 74.2 Å². The summed E-state index contributed by atoms with van der Waals surface area (Å²) in [5, 5.41) is 24.0. The highest BCUT2D eigenvalue weighted by molar-refractivity contribution is 7.16. The smallest absolute Gasteiger partial charge is 0.305 e. The second-order valence-corrected chi connectivity index (χ2v) is 13.9. The van der Waals surface area contributed by atoms with Gasteiger partial charge in [-0.2, -0.15) is 0 Å². The SMILES string of the molecule is Cc1cccc2nc(C(=O)N3CCOC4(CCN(Cc5cc(F)cc(CCNCC(O)c6ccc(O)c7[nH]c(=O)sc67)c5)CC4)C3)cn12. The van der Waals surface area contributed by atoms with E-state index in [-0.39, 0.29) is 28.9 Å². The van der Waals surface area contributed by atoms with Gasteiger partial charge in [-0.1, -0.05) is 29.5 Å². The van der Waals surface area contributed by atoms with Crippen molar-refractivity contribution in [2.45, 2.75) is 44.4 Å². The van der Waals surface area contributed by atoms with E-state index in [0.717, 1.165) is 59.7 Å². The summed E-state index contributed by atoms with van der Waals surface area (Å²) < 4.78 is 23.4. The zero-order valence-electron chi connectivity index (χ0n) is 26.7. The third kappa shape index (κ3) is 6.74. The van der Waals surface area contributed by atoms with E-state index in [4.69, 9.17) is 4.74 Å². The number of thiazole rings is 1. The number of morpholine rings is 1. The Morgan fingerprint density at radius 2 is 1.98 bits per heavy atom. The number of H-pyrrole nitrogens is 1. The van der Waals surface area contributed by atoms with E-state index in [2.05, 4.69) is 20.2 Å². The van der Waals surface area contributed by atoms with Crippen molar-refractivity contribution in [3.8, 4) is 5.75 Å². The molecule has 1 atom stereocenters. The molecule has 0 aliphatic carbocycles. The number of amides is 1. The normalized spacial score (nSPS) is 17.4. The minimum absolute atomic E-state index is 0.0331. The molecule has 0 saturated carbocycles. The second-order valence-electron chi connectivity index (χ2n) is 12.9. The molecule has 2 aliphatic rings. The number of phenols is 1. The maximum Gasteiger partial charge on any atom is 0.305 e. The number of phenolic OH excluding ortho intramolecular Hbond substituents is 1. The van der Waals surface area contributed by atoms with Crippen molar-refractivity contribution in [3.63, 3.8) is 0 Å². The van der Waals surface area contributed by atoms with Crippen LogP contribution >= 0.6 is 11.3 Å². The number of ether oxygens (including phenoxy) is 1. The van der Waals surface area contributed by atoms with Crippen LogP contribution in [0.15, 0.2) is 59.5 Å². The molecule has 4 N–H and O–H groups in total. The maximum absolute atomic E-state index is 14.7. The highest BCUT2D eigenvalue weighted by Crippen LogP contribution is 2.33. The number of carbonyl (C=O) groups excluding carboxylic acids is 1. The number of aryl methyl sites for hydroxylation is 1. The Hall–Kier alpha value is -4.14. The number of benzene rings is 2. The van der Waals surface area contributed by atoms with Gasteiger partial charge in [0.1, 0.15) is 28.4 Å². The number of likely N-dealkylation sites (tertiary alicyclic amines) is 1. The zero-order valence-corrected chi connectivity index (χ0v) is 27.6. The van der Waals surface area contributed by atoms with Gasteiger partial charge in [0.15, 0.2) is 0 Å². The van der Waals surface area contributed by atoms with Gasteiger partial charge in [-0.15, -0.1) is 0 Å². The second kappa shape index (κ2) is 13.4. The number of hydrogen-bond acceptors (Lipinski definition) is 9. The van der Waals surface area contributed by atoms with Crippen LogP contribution in [0.1, 0.15) is 51.8 Å². The van der Waals surface area contributed by atoms with E-state index in [1.807, 2.05) is 46.7 Å². The molecule has 5 heterocycles. The molecular formula is C35H39FN6O5S. The van der Waals surface area contributed by atoms with Crippen LogP contribution in [-0.4, -0.2) is 91.8 Å². The minimum Gasteiger partial charge on any atom is -0.506 e. The van der Waals surface area contributed by atoms with Crippen molar-refractivity contribution >= 4 is 33.1 Å². The fourth-order valence-corrected chi connectivity index (χ4v) is 7.87. The molecule has 252 valence electrons. The maximum atomic E-state index is 14.7. The van der Waals surface area contributed by atoms with E-state index >= 15 is 0 Å². The molecule has 11 nitrogen and oxygen atoms in total. The number of aliphatic hydroxyl groups excluding tert-OH is 1. The van der Waals surface area contributed by atoms with E-state index in [0.29, 0.717) is 60.7 Å². The molecule has 5 aromatic rings. The van der Waals surface area contributed by atoms with Gasteiger partial charge in [0, 0.05) is 50.2 Å². The summed E-state index contributed by atoms with van der Waals surface area (Å²) in [4.78, 5) is 36.3. The lowest BCUT2D eigenvalue weighted by molar-refractivity contribution is -0.128.